The molecule has 1 aromatic heterocycles. The van der Waals surface area contributed by atoms with Crippen LogP contribution in [0.15, 0.2) is 48.7 Å². The zero-order chi connectivity index (χ0) is 18.7. The molecule has 0 spiro atoms. The van der Waals surface area contributed by atoms with Crippen molar-refractivity contribution >= 4 is 22.9 Å². The highest BCUT2D eigenvalue weighted by molar-refractivity contribution is 6.01. The van der Waals surface area contributed by atoms with Crippen LogP contribution < -0.4 is 10.5 Å². The van der Waals surface area contributed by atoms with Gasteiger partial charge in [-0.1, -0.05) is 6.07 Å². The third kappa shape index (κ3) is 3.41. The number of aromatic nitrogens is 1. The first kappa shape index (κ1) is 17.6. The molecule has 0 amide bonds. The van der Waals surface area contributed by atoms with E-state index in [9.17, 15) is 15.0 Å². The molecule has 6 heteroatoms. The van der Waals surface area contributed by atoms with E-state index in [1.54, 1.807) is 42.6 Å². The van der Waals surface area contributed by atoms with E-state index in [-0.39, 0.29) is 17.4 Å². The molecule has 0 radical (unpaired) electrons. The quantitative estimate of drug-likeness (QED) is 0.613. The SMILES string of the molecule is COc1cc(C=CC(=O)n2cc(CCN)c3cc(O)ccc32)ccc1O. The molecule has 134 valence electrons. The lowest BCUT2D eigenvalue weighted by Crippen LogP contribution is -2.06. The highest BCUT2D eigenvalue weighted by atomic mass is 16.5. The van der Waals surface area contributed by atoms with E-state index in [4.69, 9.17) is 10.5 Å². The molecule has 0 aliphatic carbocycles. The second-order valence-electron chi connectivity index (χ2n) is 5.87. The number of aromatic hydroxyl groups is 2. The molecule has 0 aliphatic rings. The first-order valence-corrected chi connectivity index (χ1v) is 8.16. The van der Waals surface area contributed by atoms with Gasteiger partial charge >= 0.3 is 0 Å². The maximum atomic E-state index is 12.7. The molecule has 3 aromatic rings. The number of carbonyl (C=O) groups is 1. The van der Waals surface area contributed by atoms with E-state index in [2.05, 4.69) is 0 Å². The van der Waals surface area contributed by atoms with E-state index in [0.717, 1.165) is 16.5 Å². The summed E-state index contributed by atoms with van der Waals surface area (Å²) in [6.45, 7) is 0.450. The van der Waals surface area contributed by atoms with Crippen LogP contribution in [0.25, 0.3) is 17.0 Å². The number of ether oxygens (including phenoxy) is 1. The van der Waals surface area contributed by atoms with Crippen molar-refractivity contribution < 1.29 is 19.7 Å². The van der Waals surface area contributed by atoms with Crippen molar-refractivity contribution in [1.82, 2.24) is 4.57 Å². The number of phenols is 2. The molecule has 0 saturated carbocycles. The fourth-order valence-electron chi connectivity index (χ4n) is 2.87. The van der Waals surface area contributed by atoms with E-state index in [0.29, 0.717) is 24.2 Å². The number of phenolic OH excluding ortho intramolecular Hbond substituents is 2. The second-order valence-corrected chi connectivity index (χ2v) is 5.87. The van der Waals surface area contributed by atoms with Crippen LogP contribution >= 0.6 is 0 Å². The fraction of sp³-hybridized carbons (Fsp3) is 0.150. The van der Waals surface area contributed by atoms with Gasteiger partial charge in [0, 0.05) is 17.7 Å². The van der Waals surface area contributed by atoms with Crippen molar-refractivity contribution in [2.24, 2.45) is 5.73 Å². The Bertz CT molecular complexity index is 989. The smallest absolute Gasteiger partial charge is 0.255 e. The Hall–Kier alpha value is -3.25. The van der Waals surface area contributed by atoms with Crippen LogP contribution in [0.5, 0.6) is 17.2 Å². The van der Waals surface area contributed by atoms with Gasteiger partial charge in [0.2, 0.25) is 0 Å². The predicted octanol–water partition coefficient (Wildman–Crippen LogP) is 2.92. The van der Waals surface area contributed by atoms with Crippen LogP contribution in [0.4, 0.5) is 0 Å². The third-order valence-electron chi connectivity index (χ3n) is 4.14. The third-order valence-corrected chi connectivity index (χ3v) is 4.14. The minimum absolute atomic E-state index is 0.0404. The molecule has 1 heterocycles. The summed E-state index contributed by atoms with van der Waals surface area (Å²) < 4.78 is 6.60. The highest BCUT2D eigenvalue weighted by Crippen LogP contribution is 2.28. The Morgan fingerprint density at radius 3 is 2.77 bits per heavy atom. The summed E-state index contributed by atoms with van der Waals surface area (Å²) in [6.07, 6.45) is 5.46. The topological polar surface area (TPSA) is 97.7 Å². The Kier molecular flexibility index (Phi) is 4.95. The van der Waals surface area contributed by atoms with E-state index in [1.165, 1.54) is 23.8 Å². The number of hydrogen-bond acceptors (Lipinski definition) is 5. The summed E-state index contributed by atoms with van der Waals surface area (Å²) in [6, 6.07) is 9.74. The van der Waals surface area contributed by atoms with Gasteiger partial charge in [0.25, 0.3) is 5.91 Å². The number of hydrogen-bond donors (Lipinski definition) is 3. The van der Waals surface area contributed by atoms with Gasteiger partial charge in [-0.3, -0.25) is 9.36 Å². The molecule has 0 fully saturated rings. The van der Waals surface area contributed by atoms with Gasteiger partial charge in [-0.25, -0.2) is 0 Å². The molecule has 0 bridgehead atoms. The molecule has 26 heavy (non-hydrogen) atoms. The van der Waals surface area contributed by atoms with Crippen LogP contribution in [0, 0.1) is 0 Å². The van der Waals surface area contributed by atoms with Crippen molar-refractivity contribution in [3.63, 3.8) is 0 Å². The van der Waals surface area contributed by atoms with Crippen LogP contribution in [0.1, 0.15) is 15.9 Å². The minimum atomic E-state index is -0.226. The van der Waals surface area contributed by atoms with Crippen LogP contribution in [0.3, 0.4) is 0 Å². The van der Waals surface area contributed by atoms with Crippen molar-refractivity contribution in [2.45, 2.75) is 6.42 Å². The summed E-state index contributed by atoms with van der Waals surface area (Å²) in [4.78, 5) is 12.7. The monoisotopic (exact) mass is 352 g/mol. The molecular weight excluding hydrogens is 332 g/mol. The van der Waals surface area contributed by atoms with Crippen LogP contribution in [0.2, 0.25) is 0 Å². The van der Waals surface area contributed by atoms with Gasteiger partial charge in [-0.15, -0.1) is 0 Å². The Labute approximate surface area is 150 Å². The molecule has 0 saturated heterocycles. The summed E-state index contributed by atoms with van der Waals surface area (Å²) in [5.41, 5.74) is 7.99. The maximum absolute atomic E-state index is 12.7. The molecule has 0 aliphatic heterocycles. The Balaban J connectivity index is 1.95. The lowest BCUT2D eigenvalue weighted by molar-refractivity contribution is 0.0974. The molecule has 2 aromatic carbocycles. The summed E-state index contributed by atoms with van der Waals surface area (Å²) in [5, 5.41) is 20.2. The van der Waals surface area contributed by atoms with Gasteiger partial charge in [-0.05, 0) is 60.5 Å². The van der Waals surface area contributed by atoms with E-state index < -0.39 is 0 Å². The Morgan fingerprint density at radius 2 is 2.04 bits per heavy atom. The number of nitrogens with two attached hydrogens (primary N) is 1. The highest BCUT2D eigenvalue weighted by Gasteiger charge is 2.12. The normalized spacial score (nSPS) is 11.3. The predicted molar refractivity (Wildman–Crippen MR) is 101 cm³/mol. The average molecular weight is 352 g/mol. The first-order valence-electron chi connectivity index (χ1n) is 8.16. The minimum Gasteiger partial charge on any atom is -0.508 e. The number of rotatable bonds is 5. The van der Waals surface area contributed by atoms with Crippen LogP contribution in [-0.4, -0.2) is 34.3 Å². The van der Waals surface area contributed by atoms with Gasteiger partial charge in [-0.2, -0.15) is 0 Å². The molecule has 4 N–H and O–H groups in total. The van der Waals surface area contributed by atoms with Gasteiger partial charge in [0.05, 0.1) is 12.6 Å². The molecule has 6 nitrogen and oxygen atoms in total. The second kappa shape index (κ2) is 7.33. The average Bonchev–Trinajstić information content (AvgIpc) is 2.99. The van der Waals surface area contributed by atoms with Crippen molar-refractivity contribution in [2.75, 3.05) is 13.7 Å². The number of allylic oxidation sites excluding steroid dienone is 1. The number of benzene rings is 2. The van der Waals surface area contributed by atoms with Crippen molar-refractivity contribution in [3.05, 3.63) is 59.8 Å². The van der Waals surface area contributed by atoms with Gasteiger partial charge in [0.15, 0.2) is 11.5 Å². The van der Waals surface area contributed by atoms with Gasteiger partial charge < -0.3 is 20.7 Å². The van der Waals surface area contributed by atoms with Crippen molar-refractivity contribution in [3.8, 4) is 17.2 Å². The number of fused-ring (bicyclic) bond motifs is 1. The largest absolute Gasteiger partial charge is 0.508 e. The summed E-state index contributed by atoms with van der Waals surface area (Å²) in [7, 11) is 1.47. The lowest BCUT2D eigenvalue weighted by atomic mass is 10.1. The molecule has 0 atom stereocenters. The van der Waals surface area contributed by atoms with Gasteiger partial charge in [0.1, 0.15) is 5.75 Å². The zero-order valence-corrected chi connectivity index (χ0v) is 14.3. The zero-order valence-electron chi connectivity index (χ0n) is 14.3. The lowest BCUT2D eigenvalue weighted by Gasteiger charge is -2.04. The van der Waals surface area contributed by atoms with Crippen LogP contribution in [-0.2, 0) is 6.42 Å². The van der Waals surface area contributed by atoms with E-state index in [1.807, 2.05) is 0 Å². The standard InChI is InChI=1S/C20H20N2O4/c1-26-19-10-13(2-6-18(19)24)3-7-20(25)22-12-14(8-9-21)16-11-15(23)4-5-17(16)22/h2-7,10-12,23-24H,8-9,21H2,1H3. The maximum Gasteiger partial charge on any atom is 0.255 e. The first-order chi connectivity index (χ1) is 12.5. The Morgan fingerprint density at radius 1 is 1.23 bits per heavy atom. The number of carbonyl (C=O) groups excluding carboxylic acids is 1. The number of nitrogens with zero attached hydrogens (tertiary/aromatic N) is 1. The summed E-state index contributed by atoms with van der Waals surface area (Å²) in [5.74, 6) is 0.300. The fourth-order valence-corrected chi connectivity index (χ4v) is 2.87. The summed E-state index contributed by atoms with van der Waals surface area (Å²) >= 11 is 0. The molecule has 3 rings (SSSR count). The molecular formula is C20H20N2O4. The van der Waals surface area contributed by atoms with E-state index >= 15 is 0 Å². The van der Waals surface area contributed by atoms with Crippen molar-refractivity contribution in [1.29, 1.82) is 0 Å². The number of methoxy groups -OCH3 is 1. The molecule has 0 unspecified atom stereocenters.